The normalized spacial score (nSPS) is 12.8. The maximum Gasteiger partial charge on any atom is 0.166 e. The van der Waals surface area contributed by atoms with Crippen molar-refractivity contribution in [1.29, 1.82) is 0 Å². The summed E-state index contributed by atoms with van der Waals surface area (Å²) < 4.78 is 5.20. The van der Waals surface area contributed by atoms with Gasteiger partial charge in [-0.15, -0.1) is 11.6 Å². The van der Waals surface area contributed by atoms with Gasteiger partial charge < -0.3 is 9.72 Å². The van der Waals surface area contributed by atoms with Crippen LogP contribution in [0.3, 0.4) is 0 Å². The summed E-state index contributed by atoms with van der Waals surface area (Å²) in [6.07, 6.45) is 2.25. The minimum Gasteiger partial charge on any atom is -0.497 e. The van der Waals surface area contributed by atoms with Crippen LogP contribution in [0.4, 0.5) is 0 Å². The van der Waals surface area contributed by atoms with Crippen molar-refractivity contribution in [2.45, 2.75) is 24.9 Å². The van der Waals surface area contributed by atoms with Crippen LogP contribution in [0, 0.1) is 5.92 Å². The van der Waals surface area contributed by atoms with Crippen molar-refractivity contribution in [3.05, 3.63) is 18.2 Å². The number of thioether (sulfide) groups is 1. The Morgan fingerprint density at radius 2 is 2.26 bits per heavy atom. The predicted molar refractivity (Wildman–Crippen MR) is 82.5 cm³/mol. The van der Waals surface area contributed by atoms with Crippen LogP contribution in [0.1, 0.15) is 19.8 Å². The quantitative estimate of drug-likeness (QED) is 0.611. The number of ether oxygens (including phenoxy) is 1. The zero-order chi connectivity index (χ0) is 13.7. The summed E-state index contributed by atoms with van der Waals surface area (Å²) in [7, 11) is 1.67. The van der Waals surface area contributed by atoms with E-state index in [0.29, 0.717) is 5.92 Å². The summed E-state index contributed by atoms with van der Waals surface area (Å²) in [5.41, 5.74) is 2.01. The molecule has 0 aliphatic carbocycles. The van der Waals surface area contributed by atoms with Crippen molar-refractivity contribution in [3.63, 3.8) is 0 Å². The van der Waals surface area contributed by atoms with Crippen molar-refractivity contribution in [2.24, 2.45) is 5.92 Å². The molecule has 2 rings (SSSR count). The third-order valence-corrected chi connectivity index (χ3v) is 4.24. The summed E-state index contributed by atoms with van der Waals surface area (Å²) in [6.45, 7) is 2.24. The van der Waals surface area contributed by atoms with Gasteiger partial charge in [0.1, 0.15) is 5.75 Å². The number of hydrogen-bond acceptors (Lipinski definition) is 3. The first-order valence-corrected chi connectivity index (χ1v) is 7.97. The van der Waals surface area contributed by atoms with E-state index in [1.165, 1.54) is 0 Å². The predicted octanol–water partition coefficient (Wildman–Crippen LogP) is 4.32. The molecule has 0 amide bonds. The topological polar surface area (TPSA) is 37.9 Å². The van der Waals surface area contributed by atoms with E-state index in [-0.39, 0.29) is 0 Å². The fourth-order valence-corrected chi connectivity index (χ4v) is 3.28. The average Bonchev–Trinajstić information content (AvgIpc) is 2.80. The summed E-state index contributed by atoms with van der Waals surface area (Å²) in [6, 6.07) is 5.88. The fourth-order valence-electron chi connectivity index (χ4n) is 1.85. The molecule has 0 fully saturated rings. The van der Waals surface area contributed by atoms with Crippen molar-refractivity contribution in [1.82, 2.24) is 9.97 Å². The molecule has 3 nitrogen and oxygen atoms in total. The largest absolute Gasteiger partial charge is 0.497 e. The molecule has 0 aliphatic heterocycles. The van der Waals surface area contributed by atoms with Gasteiger partial charge in [0.05, 0.1) is 18.1 Å². The molecule has 0 aliphatic rings. The molecule has 1 atom stereocenters. The molecule has 1 aromatic carbocycles. The minimum absolute atomic E-state index is 0.675. The molecule has 0 bridgehead atoms. The van der Waals surface area contributed by atoms with E-state index in [2.05, 4.69) is 16.9 Å². The number of alkyl halides is 1. The lowest BCUT2D eigenvalue weighted by atomic mass is 10.1. The van der Waals surface area contributed by atoms with Crippen LogP contribution in [0.15, 0.2) is 23.4 Å². The highest BCUT2D eigenvalue weighted by Crippen LogP contribution is 2.24. The Morgan fingerprint density at radius 3 is 3.00 bits per heavy atom. The van der Waals surface area contributed by atoms with Crippen molar-refractivity contribution in [2.75, 3.05) is 18.7 Å². The van der Waals surface area contributed by atoms with Gasteiger partial charge in [-0.1, -0.05) is 18.7 Å². The zero-order valence-electron chi connectivity index (χ0n) is 11.3. The highest BCUT2D eigenvalue weighted by molar-refractivity contribution is 7.99. The van der Waals surface area contributed by atoms with Gasteiger partial charge in [-0.25, -0.2) is 4.98 Å². The van der Waals surface area contributed by atoms with E-state index < -0.39 is 0 Å². The molecule has 1 unspecified atom stereocenters. The summed E-state index contributed by atoms with van der Waals surface area (Å²) in [4.78, 5) is 7.88. The van der Waals surface area contributed by atoms with Gasteiger partial charge >= 0.3 is 0 Å². The number of methoxy groups -OCH3 is 1. The average molecular weight is 299 g/mol. The Morgan fingerprint density at radius 1 is 1.42 bits per heavy atom. The third-order valence-electron chi connectivity index (χ3n) is 3.12. The number of imidazole rings is 1. The van der Waals surface area contributed by atoms with E-state index in [0.717, 1.165) is 46.4 Å². The molecule has 0 saturated carbocycles. The van der Waals surface area contributed by atoms with Gasteiger partial charge in [0.2, 0.25) is 0 Å². The number of nitrogens with zero attached hydrogens (tertiary/aromatic N) is 1. The smallest absolute Gasteiger partial charge is 0.166 e. The van der Waals surface area contributed by atoms with E-state index in [1.807, 2.05) is 18.2 Å². The Labute approximate surface area is 123 Å². The number of halogens is 1. The van der Waals surface area contributed by atoms with Gasteiger partial charge in [-0.2, -0.15) is 0 Å². The molecule has 1 heterocycles. The number of hydrogen-bond donors (Lipinski definition) is 1. The standard InChI is InChI=1S/C14H19ClN2OS/c1-10(5-7-15)6-8-19-14-16-12-4-3-11(18-2)9-13(12)17-14/h3-4,9-10H,5-8H2,1-2H3,(H,16,17). The van der Waals surface area contributed by atoms with Gasteiger partial charge in [0.25, 0.3) is 0 Å². The molecule has 1 N–H and O–H groups in total. The third kappa shape index (κ3) is 4.05. The second-order valence-corrected chi connectivity index (χ2v) is 6.11. The minimum atomic E-state index is 0.675. The second kappa shape index (κ2) is 7.06. The van der Waals surface area contributed by atoms with Crippen molar-refractivity contribution in [3.8, 4) is 5.75 Å². The SMILES string of the molecule is COc1ccc2nc(SCCC(C)CCCl)[nH]c2c1. The van der Waals surface area contributed by atoms with Crippen LogP contribution in [-0.2, 0) is 0 Å². The van der Waals surface area contributed by atoms with Crippen LogP contribution in [0.25, 0.3) is 11.0 Å². The number of fused-ring (bicyclic) bond motifs is 1. The first-order chi connectivity index (χ1) is 9.22. The highest BCUT2D eigenvalue weighted by atomic mass is 35.5. The summed E-state index contributed by atoms with van der Waals surface area (Å²) in [5.74, 6) is 3.34. The van der Waals surface area contributed by atoms with Crippen LogP contribution < -0.4 is 4.74 Å². The molecule has 2 aromatic rings. The van der Waals surface area contributed by atoms with Crippen LogP contribution in [-0.4, -0.2) is 28.7 Å². The Bertz CT molecular complexity index is 529. The molecule has 0 saturated heterocycles. The van der Waals surface area contributed by atoms with Crippen molar-refractivity contribution >= 4 is 34.4 Å². The molecular weight excluding hydrogens is 280 g/mol. The molecular formula is C14H19ClN2OS. The maximum atomic E-state index is 5.74. The maximum absolute atomic E-state index is 5.74. The lowest BCUT2D eigenvalue weighted by molar-refractivity contribution is 0.415. The summed E-state index contributed by atoms with van der Waals surface area (Å²) >= 11 is 7.50. The number of aromatic nitrogens is 2. The number of nitrogens with one attached hydrogen (secondary N) is 1. The van der Waals surface area contributed by atoms with Gasteiger partial charge in [-0.3, -0.25) is 0 Å². The number of H-pyrrole nitrogens is 1. The van der Waals surface area contributed by atoms with Crippen molar-refractivity contribution < 1.29 is 4.74 Å². The second-order valence-electron chi connectivity index (χ2n) is 4.65. The first-order valence-electron chi connectivity index (χ1n) is 6.45. The number of benzene rings is 1. The van der Waals surface area contributed by atoms with E-state index in [9.17, 15) is 0 Å². The van der Waals surface area contributed by atoms with Crippen LogP contribution in [0.2, 0.25) is 0 Å². The lowest BCUT2D eigenvalue weighted by Gasteiger charge is -2.07. The molecule has 19 heavy (non-hydrogen) atoms. The zero-order valence-corrected chi connectivity index (χ0v) is 12.9. The van der Waals surface area contributed by atoms with Crippen LogP contribution in [0.5, 0.6) is 5.75 Å². The fraction of sp³-hybridized carbons (Fsp3) is 0.500. The molecule has 0 spiro atoms. The van der Waals surface area contributed by atoms with Crippen LogP contribution >= 0.6 is 23.4 Å². The lowest BCUT2D eigenvalue weighted by Crippen LogP contribution is -1.97. The molecule has 1 aromatic heterocycles. The summed E-state index contributed by atoms with van der Waals surface area (Å²) in [5, 5.41) is 0.973. The Hall–Kier alpha value is -0.870. The molecule has 5 heteroatoms. The van der Waals surface area contributed by atoms with E-state index >= 15 is 0 Å². The monoisotopic (exact) mass is 298 g/mol. The molecule has 0 radical (unpaired) electrons. The van der Waals surface area contributed by atoms with E-state index in [4.69, 9.17) is 16.3 Å². The Balaban J connectivity index is 1.94. The Kier molecular flexibility index (Phi) is 5.40. The van der Waals surface area contributed by atoms with Gasteiger partial charge in [-0.05, 0) is 30.9 Å². The van der Waals surface area contributed by atoms with Gasteiger partial charge in [0, 0.05) is 17.7 Å². The van der Waals surface area contributed by atoms with Gasteiger partial charge in [0.15, 0.2) is 5.16 Å². The molecule has 104 valence electrons. The highest BCUT2D eigenvalue weighted by Gasteiger charge is 2.06. The number of rotatable bonds is 7. The van der Waals surface area contributed by atoms with E-state index in [1.54, 1.807) is 18.9 Å². The first kappa shape index (κ1) is 14.5. The number of aromatic amines is 1.